The van der Waals surface area contributed by atoms with Gasteiger partial charge in [0.05, 0.1) is 12.1 Å². The van der Waals surface area contributed by atoms with Crippen LogP contribution in [0.4, 0.5) is 4.79 Å². The van der Waals surface area contributed by atoms with E-state index in [0.29, 0.717) is 6.54 Å². The summed E-state index contributed by atoms with van der Waals surface area (Å²) in [6.07, 6.45) is 4.56. The van der Waals surface area contributed by atoms with E-state index in [0.717, 1.165) is 38.8 Å². The molecule has 3 heterocycles. The summed E-state index contributed by atoms with van der Waals surface area (Å²) in [4.78, 5) is 14.2. The van der Waals surface area contributed by atoms with Gasteiger partial charge in [-0.3, -0.25) is 0 Å². The molecule has 2 saturated heterocycles. The molecular formula is C14H20N2O2S. The maximum absolute atomic E-state index is 12.3. The third-order valence-corrected chi connectivity index (χ3v) is 4.65. The van der Waals surface area contributed by atoms with Crippen LogP contribution in [0.3, 0.4) is 0 Å². The van der Waals surface area contributed by atoms with Crippen molar-refractivity contribution in [3.05, 3.63) is 22.4 Å². The van der Waals surface area contributed by atoms with Crippen LogP contribution in [0.1, 0.15) is 37.3 Å². The molecule has 0 spiro atoms. The van der Waals surface area contributed by atoms with Crippen molar-refractivity contribution in [3.8, 4) is 0 Å². The molecule has 0 bridgehead atoms. The fourth-order valence-electron chi connectivity index (χ4n) is 2.93. The van der Waals surface area contributed by atoms with E-state index in [2.05, 4.69) is 22.1 Å². The van der Waals surface area contributed by atoms with Gasteiger partial charge in [-0.05, 0) is 48.1 Å². The van der Waals surface area contributed by atoms with Crippen LogP contribution in [0.15, 0.2) is 16.8 Å². The van der Waals surface area contributed by atoms with Gasteiger partial charge in [0.25, 0.3) is 0 Å². The molecule has 2 aliphatic rings. The van der Waals surface area contributed by atoms with E-state index < -0.39 is 0 Å². The number of hydrogen-bond donors (Lipinski definition) is 1. The summed E-state index contributed by atoms with van der Waals surface area (Å²) in [5, 5.41) is 7.25. The molecule has 4 nitrogen and oxygen atoms in total. The first-order chi connectivity index (χ1) is 9.34. The van der Waals surface area contributed by atoms with E-state index in [1.54, 1.807) is 11.3 Å². The monoisotopic (exact) mass is 280 g/mol. The SMILES string of the molecule is O=C(NC[C@@H]1CCCO1)N1CCC[C@H]1c1ccsc1. The maximum atomic E-state index is 12.3. The van der Waals surface area contributed by atoms with Gasteiger partial charge in [0.1, 0.15) is 0 Å². The van der Waals surface area contributed by atoms with E-state index in [4.69, 9.17) is 4.74 Å². The van der Waals surface area contributed by atoms with E-state index in [9.17, 15) is 4.79 Å². The predicted octanol–water partition coefficient (Wildman–Crippen LogP) is 2.77. The summed E-state index contributed by atoms with van der Waals surface area (Å²) in [7, 11) is 0. The van der Waals surface area contributed by atoms with Crippen LogP contribution in [-0.2, 0) is 4.74 Å². The van der Waals surface area contributed by atoms with Crippen molar-refractivity contribution < 1.29 is 9.53 Å². The number of carbonyl (C=O) groups excluding carboxylic acids is 1. The molecule has 0 unspecified atom stereocenters. The number of hydrogen-bond acceptors (Lipinski definition) is 3. The number of thiophene rings is 1. The first-order valence-corrected chi connectivity index (χ1v) is 7.97. The maximum Gasteiger partial charge on any atom is 0.318 e. The second kappa shape index (κ2) is 5.92. The quantitative estimate of drug-likeness (QED) is 0.925. The van der Waals surface area contributed by atoms with Crippen LogP contribution in [0, 0.1) is 0 Å². The number of ether oxygens (including phenoxy) is 1. The number of nitrogens with zero attached hydrogens (tertiary/aromatic N) is 1. The molecule has 0 saturated carbocycles. The van der Waals surface area contributed by atoms with Crippen LogP contribution in [0.2, 0.25) is 0 Å². The molecule has 2 atom stereocenters. The highest BCUT2D eigenvalue weighted by Crippen LogP contribution is 2.32. The van der Waals surface area contributed by atoms with Gasteiger partial charge >= 0.3 is 6.03 Å². The molecule has 2 aliphatic heterocycles. The van der Waals surface area contributed by atoms with Crippen molar-refractivity contribution >= 4 is 17.4 Å². The average Bonchev–Trinajstić information content (AvgIpc) is 3.14. The van der Waals surface area contributed by atoms with E-state index >= 15 is 0 Å². The Kier molecular flexibility index (Phi) is 4.03. The molecule has 1 N–H and O–H groups in total. The highest BCUT2D eigenvalue weighted by molar-refractivity contribution is 7.07. The normalized spacial score (nSPS) is 26.8. The number of nitrogens with one attached hydrogen (secondary N) is 1. The largest absolute Gasteiger partial charge is 0.376 e. The summed E-state index contributed by atoms with van der Waals surface area (Å²) in [5.41, 5.74) is 1.27. The lowest BCUT2D eigenvalue weighted by Crippen LogP contribution is -2.42. The average molecular weight is 280 g/mol. The summed E-state index contributed by atoms with van der Waals surface area (Å²) in [6, 6.07) is 2.45. The Bertz CT molecular complexity index is 415. The van der Waals surface area contributed by atoms with Gasteiger partial charge in [0.15, 0.2) is 0 Å². The van der Waals surface area contributed by atoms with Gasteiger partial charge in [-0.25, -0.2) is 4.79 Å². The topological polar surface area (TPSA) is 41.6 Å². The second-order valence-corrected chi connectivity index (χ2v) is 6.01. The Balaban J connectivity index is 1.56. The number of carbonyl (C=O) groups is 1. The molecule has 2 fully saturated rings. The number of likely N-dealkylation sites (tertiary alicyclic amines) is 1. The molecule has 104 valence electrons. The molecule has 1 aromatic heterocycles. The first kappa shape index (κ1) is 12.9. The molecule has 2 amide bonds. The zero-order chi connectivity index (χ0) is 13.1. The predicted molar refractivity (Wildman–Crippen MR) is 75.4 cm³/mol. The Morgan fingerprint density at radius 2 is 2.42 bits per heavy atom. The number of urea groups is 1. The number of rotatable bonds is 3. The highest BCUT2D eigenvalue weighted by Gasteiger charge is 2.30. The molecule has 19 heavy (non-hydrogen) atoms. The third-order valence-electron chi connectivity index (χ3n) is 3.95. The van der Waals surface area contributed by atoms with Gasteiger partial charge in [-0.15, -0.1) is 0 Å². The Labute approximate surface area is 117 Å². The highest BCUT2D eigenvalue weighted by atomic mass is 32.1. The standard InChI is InChI=1S/C14H20N2O2S/c17-14(15-9-12-3-2-7-18-12)16-6-1-4-13(16)11-5-8-19-10-11/h5,8,10,12-13H,1-4,6-7,9H2,(H,15,17)/t12-,13-/m0/s1. The molecule has 1 aromatic rings. The molecular weight excluding hydrogens is 260 g/mol. The van der Waals surface area contributed by atoms with Crippen molar-refractivity contribution in [1.82, 2.24) is 10.2 Å². The van der Waals surface area contributed by atoms with E-state index in [1.807, 2.05) is 4.90 Å². The van der Waals surface area contributed by atoms with E-state index in [1.165, 1.54) is 5.56 Å². The minimum atomic E-state index is 0.0594. The second-order valence-electron chi connectivity index (χ2n) is 5.23. The zero-order valence-electron chi connectivity index (χ0n) is 11.0. The van der Waals surface area contributed by atoms with Crippen LogP contribution in [0.25, 0.3) is 0 Å². The van der Waals surface area contributed by atoms with Crippen LogP contribution >= 0.6 is 11.3 Å². The smallest absolute Gasteiger partial charge is 0.318 e. The third kappa shape index (κ3) is 2.92. The molecule has 0 radical (unpaired) electrons. The van der Waals surface area contributed by atoms with Crippen molar-refractivity contribution in [2.24, 2.45) is 0 Å². The summed E-state index contributed by atoms with van der Waals surface area (Å²) in [5.74, 6) is 0. The van der Waals surface area contributed by atoms with Gasteiger partial charge < -0.3 is 15.0 Å². The summed E-state index contributed by atoms with van der Waals surface area (Å²) < 4.78 is 5.53. The van der Waals surface area contributed by atoms with E-state index in [-0.39, 0.29) is 18.2 Å². The van der Waals surface area contributed by atoms with Crippen molar-refractivity contribution in [3.63, 3.8) is 0 Å². The molecule has 0 aromatic carbocycles. The fourth-order valence-corrected chi connectivity index (χ4v) is 3.64. The molecule has 5 heteroatoms. The lowest BCUT2D eigenvalue weighted by molar-refractivity contribution is 0.108. The Hall–Kier alpha value is -1.07. The summed E-state index contributed by atoms with van der Waals surface area (Å²) in [6.45, 7) is 2.34. The minimum Gasteiger partial charge on any atom is -0.376 e. The molecule has 0 aliphatic carbocycles. The Morgan fingerprint density at radius 1 is 1.47 bits per heavy atom. The fraction of sp³-hybridized carbons (Fsp3) is 0.643. The van der Waals surface area contributed by atoms with Crippen molar-refractivity contribution in [2.45, 2.75) is 37.8 Å². The van der Waals surface area contributed by atoms with Gasteiger partial charge in [-0.2, -0.15) is 11.3 Å². The van der Waals surface area contributed by atoms with Crippen molar-refractivity contribution in [1.29, 1.82) is 0 Å². The van der Waals surface area contributed by atoms with Gasteiger partial charge in [0, 0.05) is 19.7 Å². The lowest BCUT2D eigenvalue weighted by Gasteiger charge is -2.25. The van der Waals surface area contributed by atoms with Crippen LogP contribution in [-0.4, -0.2) is 36.7 Å². The lowest BCUT2D eigenvalue weighted by atomic mass is 10.1. The molecule has 3 rings (SSSR count). The summed E-state index contributed by atoms with van der Waals surface area (Å²) >= 11 is 1.70. The zero-order valence-corrected chi connectivity index (χ0v) is 11.8. The Morgan fingerprint density at radius 3 is 3.16 bits per heavy atom. The van der Waals surface area contributed by atoms with Crippen molar-refractivity contribution in [2.75, 3.05) is 19.7 Å². The van der Waals surface area contributed by atoms with Gasteiger partial charge in [0.2, 0.25) is 0 Å². The number of amides is 2. The van der Waals surface area contributed by atoms with Crippen LogP contribution < -0.4 is 5.32 Å². The minimum absolute atomic E-state index is 0.0594. The van der Waals surface area contributed by atoms with Gasteiger partial charge in [-0.1, -0.05) is 0 Å². The first-order valence-electron chi connectivity index (χ1n) is 7.03. The van der Waals surface area contributed by atoms with Crippen LogP contribution in [0.5, 0.6) is 0 Å².